The molecule has 0 aliphatic carbocycles. The summed E-state index contributed by atoms with van der Waals surface area (Å²) in [7, 11) is 0. The van der Waals surface area contributed by atoms with Crippen molar-refractivity contribution in [3.8, 4) is 0 Å². The van der Waals surface area contributed by atoms with Gasteiger partial charge in [-0.3, -0.25) is 4.79 Å². The molecule has 0 unspecified atom stereocenters. The number of nitrogens with zero attached hydrogens (tertiary/aromatic N) is 1. The fourth-order valence-electron chi connectivity index (χ4n) is 4.37. The van der Waals surface area contributed by atoms with Crippen LogP contribution in [-0.4, -0.2) is 12.1 Å². The second-order valence-corrected chi connectivity index (χ2v) is 7.16. The number of benzene rings is 3. The zero-order valence-corrected chi connectivity index (χ0v) is 14.7. The lowest BCUT2D eigenvalue weighted by Gasteiger charge is -2.47. The summed E-state index contributed by atoms with van der Waals surface area (Å²) in [4.78, 5) is 14.9. The summed E-state index contributed by atoms with van der Waals surface area (Å²) in [6, 6.07) is 22.9. The number of hydrogen-bond acceptors (Lipinski definition) is 2. The molecule has 0 aromatic heterocycles. The highest BCUT2D eigenvalue weighted by Crippen LogP contribution is 2.40. The summed E-state index contributed by atoms with van der Waals surface area (Å²) in [5.41, 5.74) is 4.71. The van der Waals surface area contributed by atoms with Gasteiger partial charge in [-0.2, -0.15) is 0 Å². The van der Waals surface area contributed by atoms with E-state index < -0.39 is 0 Å². The van der Waals surface area contributed by atoms with Gasteiger partial charge in [-0.1, -0.05) is 54.6 Å². The van der Waals surface area contributed by atoms with Crippen molar-refractivity contribution in [2.75, 3.05) is 4.90 Å². The van der Waals surface area contributed by atoms with E-state index in [2.05, 4.69) is 22.3 Å². The molecule has 2 aliphatic rings. The van der Waals surface area contributed by atoms with Crippen LogP contribution >= 0.6 is 0 Å². The monoisotopic (exact) mass is 358 g/mol. The summed E-state index contributed by atoms with van der Waals surface area (Å²) in [6.07, 6.45) is 0.342. The Morgan fingerprint density at radius 2 is 1.70 bits per heavy atom. The van der Waals surface area contributed by atoms with Gasteiger partial charge in [0.1, 0.15) is 12.0 Å². The minimum atomic E-state index is -0.199. The summed E-state index contributed by atoms with van der Waals surface area (Å²) in [6.45, 7) is 0.728. The lowest BCUT2D eigenvalue weighted by Crippen LogP contribution is -2.58. The van der Waals surface area contributed by atoms with Gasteiger partial charge in [-0.15, -0.1) is 0 Å². The van der Waals surface area contributed by atoms with Crippen LogP contribution in [0.5, 0.6) is 0 Å². The quantitative estimate of drug-likeness (QED) is 0.743. The van der Waals surface area contributed by atoms with E-state index in [1.165, 1.54) is 17.2 Å². The minimum absolute atomic E-state index is 0.0239. The average molecular weight is 358 g/mol. The number of para-hydroxylation sites is 1. The SMILES string of the molecule is O=C1N[C@@H]2[C@@H](Cc3ccccc3F)c3ccccc3CN2c2ccccc21. The number of carbonyl (C=O) groups is 1. The van der Waals surface area contributed by atoms with E-state index in [-0.39, 0.29) is 23.8 Å². The van der Waals surface area contributed by atoms with Crippen LogP contribution in [0.1, 0.15) is 33.0 Å². The molecule has 1 N–H and O–H groups in total. The van der Waals surface area contributed by atoms with E-state index in [4.69, 9.17) is 0 Å². The highest BCUT2D eigenvalue weighted by atomic mass is 19.1. The number of amides is 1. The van der Waals surface area contributed by atoms with Crippen molar-refractivity contribution in [3.63, 3.8) is 0 Å². The Labute approximate surface area is 157 Å². The van der Waals surface area contributed by atoms with Crippen LogP contribution in [0.3, 0.4) is 0 Å². The molecule has 4 heteroatoms. The molecule has 2 aliphatic heterocycles. The standard InChI is InChI=1S/C23H19FN2O/c24-20-11-5-2-7-15(20)13-19-17-9-3-1-8-16(17)14-26-21-12-6-4-10-18(21)23(27)25-22(19)26/h1-12,19,22H,13-14H2,(H,25,27)/t19-,22-/m0/s1. The van der Waals surface area contributed by atoms with E-state index in [1.807, 2.05) is 48.5 Å². The molecule has 0 radical (unpaired) electrons. The first kappa shape index (κ1) is 16.1. The number of nitrogens with one attached hydrogen (secondary N) is 1. The van der Waals surface area contributed by atoms with Crippen molar-refractivity contribution >= 4 is 11.6 Å². The number of anilines is 1. The second kappa shape index (κ2) is 6.23. The molecule has 0 fully saturated rings. The van der Waals surface area contributed by atoms with Crippen LogP contribution in [0, 0.1) is 5.82 Å². The normalized spacial score (nSPS) is 20.3. The van der Waals surface area contributed by atoms with Crippen LogP contribution in [0.2, 0.25) is 0 Å². The van der Waals surface area contributed by atoms with E-state index in [9.17, 15) is 9.18 Å². The second-order valence-electron chi connectivity index (χ2n) is 7.16. The summed E-state index contributed by atoms with van der Waals surface area (Å²) in [5, 5.41) is 3.17. The predicted octanol–water partition coefficient (Wildman–Crippen LogP) is 4.24. The van der Waals surface area contributed by atoms with Crippen LogP contribution in [0.15, 0.2) is 72.8 Å². The molecule has 0 spiro atoms. The number of fused-ring (bicyclic) bond motifs is 4. The zero-order valence-electron chi connectivity index (χ0n) is 14.7. The number of halogens is 1. The highest BCUT2D eigenvalue weighted by Gasteiger charge is 2.40. The summed E-state index contributed by atoms with van der Waals surface area (Å²) in [5.74, 6) is -0.288. The Kier molecular flexibility index (Phi) is 3.71. The van der Waals surface area contributed by atoms with Crippen LogP contribution in [0.25, 0.3) is 0 Å². The molecule has 3 aromatic rings. The first-order valence-electron chi connectivity index (χ1n) is 9.20. The molecule has 3 aromatic carbocycles. The fraction of sp³-hybridized carbons (Fsp3) is 0.174. The Balaban J connectivity index is 1.63. The molecule has 5 rings (SSSR count). The zero-order chi connectivity index (χ0) is 18.4. The molecule has 2 atom stereocenters. The van der Waals surface area contributed by atoms with Crippen molar-refractivity contribution in [1.82, 2.24) is 5.32 Å². The van der Waals surface area contributed by atoms with Crippen molar-refractivity contribution in [2.24, 2.45) is 0 Å². The lowest BCUT2D eigenvalue weighted by molar-refractivity contribution is 0.0915. The molecular formula is C23H19FN2O. The Hall–Kier alpha value is -3.14. The molecule has 2 heterocycles. The third-order valence-electron chi connectivity index (χ3n) is 5.65. The molecule has 134 valence electrons. The highest BCUT2D eigenvalue weighted by molar-refractivity contribution is 6.02. The first-order valence-corrected chi connectivity index (χ1v) is 9.20. The maximum Gasteiger partial charge on any atom is 0.254 e. The van der Waals surface area contributed by atoms with Gasteiger partial charge in [0.2, 0.25) is 0 Å². The predicted molar refractivity (Wildman–Crippen MR) is 103 cm³/mol. The fourth-order valence-corrected chi connectivity index (χ4v) is 4.37. The molecule has 0 bridgehead atoms. The van der Waals surface area contributed by atoms with E-state index >= 15 is 0 Å². The maximum absolute atomic E-state index is 14.4. The summed E-state index contributed by atoms with van der Waals surface area (Å²) < 4.78 is 14.4. The third kappa shape index (κ3) is 2.60. The van der Waals surface area contributed by atoms with E-state index in [1.54, 1.807) is 6.07 Å². The first-order chi connectivity index (χ1) is 13.2. The number of rotatable bonds is 2. The third-order valence-corrected chi connectivity index (χ3v) is 5.65. The van der Waals surface area contributed by atoms with E-state index in [0.29, 0.717) is 17.5 Å². The smallest absolute Gasteiger partial charge is 0.254 e. The minimum Gasteiger partial charge on any atom is -0.346 e. The number of hydrogen-bond donors (Lipinski definition) is 1. The largest absolute Gasteiger partial charge is 0.346 e. The van der Waals surface area contributed by atoms with Gasteiger partial charge in [0.25, 0.3) is 5.91 Å². The Morgan fingerprint density at radius 1 is 0.963 bits per heavy atom. The van der Waals surface area contributed by atoms with Crippen molar-refractivity contribution in [1.29, 1.82) is 0 Å². The molecule has 1 amide bonds. The summed E-state index contributed by atoms with van der Waals surface area (Å²) >= 11 is 0. The molecule has 27 heavy (non-hydrogen) atoms. The topological polar surface area (TPSA) is 32.3 Å². The molecule has 0 saturated carbocycles. The molecule has 0 saturated heterocycles. The van der Waals surface area contributed by atoms with E-state index in [0.717, 1.165) is 12.2 Å². The Morgan fingerprint density at radius 3 is 2.59 bits per heavy atom. The van der Waals surface area contributed by atoms with Gasteiger partial charge in [0, 0.05) is 12.5 Å². The average Bonchev–Trinajstić information content (AvgIpc) is 2.70. The van der Waals surface area contributed by atoms with Crippen molar-refractivity contribution < 1.29 is 9.18 Å². The van der Waals surface area contributed by atoms with Crippen LogP contribution in [-0.2, 0) is 13.0 Å². The van der Waals surface area contributed by atoms with Gasteiger partial charge in [-0.05, 0) is 41.3 Å². The molecular weight excluding hydrogens is 339 g/mol. The van der Waals surface area contributed by atoms with Crippen LogP contribution in [0.4, 0.5) is 10.1 Å². The maximum atomic E-state index is 14.4. The van der Waals surface area contributed by atoms with Crippen molar-refractivity contribution in [2.45, 2.75) is 25.0 Å². The molecule has 3 nitrogen and oxygen atoms in total. The van der Waals surface area contributed by atoms with Gasteiger partial charge in [0.15, 0.2) is 0 Å². The Bertz CT molecular complexity index is 1030. The lowest BCUT2D eigenvalue weighted by atomic mass is 9.81. The van der Waals surface area contributed by atoms with Gasteiger partial charge in [0.05, 0.1) is 11.3 Å². The van der Waals surface area contributed by atoms with Gasteiger partial charge < -0.3 is 10.2 Å². The van der Waals surface area contributed by atoms with Crippen molar-refractivity contribution in [3.05, 3.63) is 101 Å². The van der Waals surface area contributed by atoms with Gasteiger partial charge in [-0.25, -0.2) is 4.39 Å². The van der Waals surface area contributed by atoms with Gasteiger partial charge >= 0.3 is 0 Å². The van der Waals surface area contributed by atoms with Crippen LogP contribution < -0.4 is 10.2 Å². The number of carbonyl (C=O) groups excluding carboxylic acids is 1.